The minimum atomic E-state index is -0.818. The first-order valence-electron chi connectivity index (χ1n) is 4.95. The van der Waals surface area contributed by atoms with Gasteiger partial charge in [0.25, 0.3) is 0 Å². The van der Waals surface area contributed by atoms with Crippen LogP contribution in [-0.2, 0) is 11.2 Å². The van der Waals surface area contributed by atoms with Crippen molar-refractivity contribution in [2.75, 3.05) is 7.11 Å². The minimum Gasteiger partial charge on any atom is -0.387 e. The molecule has 2 unspecified atom stereocenters. The van der Waals surface area contributed by atoms with E-state index in [9.17, 15) is 5.11 Å². The van der Waals surface area contributed by atoms with E-state index in [1.807, 2.05) is 31.2 Å². The fraction of sp³-hybridized carbons (Fsp3) is 0.500. The molecule has 84 valence electrons. The summed E-state index contributed by atoms with van der Waals surface area (Å²) in [6, 6.07) is 8.17. The molecule has 15 heavy (non-hydrogen) atoms. The van der Waals surface area contributed by atoms with Gasteiger partial charge in [-0.3, -0.25) is 0 Å². The Morgan fingerprint density at radius 1 is 1.40 bits per heavy atom. The van der Waals surface area contributed by atoms with Crippen molar-refractivity contribution in [3.8, 4) is 0 Å². The predicted molar refractivity (Wildman–Crippen MR) is 70.0 cm³/mol. The van der Waals surface area contributed by atoms with Crippen LogP contribution < -0.4 is 0 Å². The molecule has 0 radical (unpaired) electrons. The molecule has 0 bridgehead atoms. The molecule has 0 saturated carbocycles. The average Bonchev–Trinajstić information content (AvgIpc) is 2.20. The number of ether oxygens (including phenoxy) is 1. The SMILES string of the molecule is COC(C)C(C)(O)Cc1ccc(I)cc1. The Balaban J connectivity index is 2.72. The van der Waals surface area contributed by atoms with Crippen molar-refractivity contribution in [3.63, 3.8) is 0 Å². The molecule has 1 rings (SSSR count). The summed E-state index contributed by atoms with van der Waals surface area (Å²) in [5.74, 6) is 0. The summed E-state index contributed by atoms with van der Waals surface area (Å²) in [5.41, 5.74) is 0.311. The lowest BCUT2D eigenvalue weighted by Gasteiger charge is -2.29. The van der Waals surface area contributed by atoms with Gasteiger partial charge in [0.1, 0.15) is 0 Å². The summed E-state index contributed by atoms with van der Waals surface area (Å²) in [6.07, 6.45) is 0.440. The van der Waals surface area contributed by atoms with Gasteiger partial charge in [0.05, 0.1) is 11.7 Å². The first-order chi connectivity index (χ1) is 6.95. The van der Waals surface area contributed by atoms with E-state index in [4.69, 9.17) is 4.74 Å². The van der Waals surface area contributed by atoms with Gasteiger partial charge in [0.2, 0.25) is 0 Å². The zero-order valence-corrected chi connectivity index (χ0v) is 11.5. The fourth-order valence-corrected chi connectivity index (χ4v) is 1.77. The molecule has 0 aliphatic rings. The van der Waals surface area contributed by atoms with Crippen LogP contribution in [0.5, 0.6) is 0 Å². The Labute approximate surface area is 105 Å². The van der Waals surface area contributed by atoms with E-state index >= 15 is 0 Å². The smallest absolute Gasteiger partial charge is 0.0917 e. The molecule has 0 aliphatic heterocycles. The molecular formula is C12H17IO2. The standard InChI is InChI=1S/C12H17IO2/c1-9(15-3)12(2,14)8-10-4-6-11(13)7-5-10/h4-7,9,14H,8H2,1-3H3. The van der Waals surface area contributed by atoms with Crippen LogP contribution >= 0.6 is 22.6 Å². The number of hydrogen-bond acceptors (Lipinski definition) is 2. The van der Waals surface area contributed by atoms with Crippen LogP contribution in [0.4, 0.5) is 0 Å². The first kappa shape index (κ1) is 12.9. The van der Waals surface area contributed by atoms with Gasteiger partial charge in [-0.2, -0.15) is 0 Å². The highest BCUT2D eigenvalue weighted by atomic mass is 127. The van der Waals surface area contributed by atoms with Crippen molar-refractivity contribution in [1.82, 2.24) is 0 Å². The molecule has 2 atom stereocenters. The van der Waals surface area contributed by atoms with Gasteiger partial charge in [-0.15, -0.1) is 0 Å². The van der Waals surface area contributed by atoms with Crippen LogP contribution in [0.15, 0.2) is 24.3 Å². The van der Waals surface area contributed by atoms with Crippen LogP contribution in [0.2, 0.25) is 0 Å². The largest absolute Gasteiger partial charge is 0.387 e. The van der Waals surface area contributed by atoms with Crippen LogP contribution in [0, 0.1) is 3.57 Å². The van der Waals surface area contributed by atoms with Crippen molar-refractivity contribution in [3.05, 3.63) is 33.4 Å². The summed E-state index contributed by atoms with van der Waals surface area (Å²) < 4.78 is 6.36. The number of benzene rings is 1. The molecule has 2 nitrogen and oxygen atoms in total. The minimum absolute atomic E-state index is 0.170. The van der Waals surface area contributed by atoms with Crippen molar-refractivity contribution >= 4 is 22.6 Å². The van der Waals surface area contributed by atoms with Crippen LogP contribution in [0.1, 0.15) is 19.4 Å². The fourth-order valence-electron chi connectivity index (χ4n) is 1.41. The number of aliphatic hydroxyl groups is 1. The van der Waals surface area contributed by atoms with Gasteiger partial charge < -0.3 is 9.84 Å². The molecule has 1 aromatic rings. The van der Waals surface area contributed by atoms with Gasteiger partial charge >= 0.3 is 0 Å². The van der Waals surface area contributed by atoms with E-state index in [1.165, 1.54) is 3.57 Å². The van der Waals surface area contributed by atoms with Gasteiger partial charge in [-0.25, -0.2) is 0 Å². The summed E-state index contributed by atoms with van der Waals surface area (Å²) in [4.78, 5) is 0. The second-order valence-electron chi connectivity index (χ2n) is 4.04. The zero-order valence-electron chi connectivity index (χ0n) is 9.33. The van der Waals surface area contributed by atoms with Gasteiger partial charge in [-0.1, -0.05) is 12.1 Å². The third kappa shape index (κ3) is 3.74. The second kappa shape index (κ2) is 5.27. The quantitative estimate of drug-likeness (QED) is 0.864. The Hall–Kier alpha value is -0.130. The van der Waals surface area contributed by atoms with Crippen molar-refractivity contribution in [1.29, 1.82) is 0 Å². The second-order valence-corrected chi connectivity index (χ2v) is 5.28. The number of rotatable bonds is 4. The molecule has 0 aromatic heterocycles. The Kier molecular flexibility index (Phi) is 4.55. The summed E-state index contributed by atoms with van der Waals surface area (Å²) in [7, 11) is 1.62. The van der Waals surface area contributed by atoms with E-state index in [0.29, 0.717) is 6.42 Å². The van der Waals surface area contributed by atoms with E-state index in [-0.39, 0.29) is 6.10 Å². The maximum Gasteiger partial charge on any atom is 0.0917 e. The summed E-state index contributed by atoms with van der Waals surface area (Å²) in [5, 5.41) is 10.2. The predicted octanol–water partition coefficient (Wildman–Crippen LogP) is 2.62. The maximum atomic E-state index is 10.2. The average molecular weight is 320 g/mol. The van der Waals surface area contributed by atoms with Crippen molar-refractivity contribution < 1.29 is 9.84 Å². The van der Waals surface area contributed by atoms with Gasteiger partial charge in [0, 0.05) is 17.1 Å². The molecule has 0 heterocycles. The molecular weight excluding hydrogens is 303 g/mol. The lowest BCUT2D eigenvalue weighted by atomic mass is 9.92. The van der Waals surface area contributed by atoms with Crippen LogP contribution in [0.3, 0.4) is 0 Å². The van der Waals surface area contributed by atoms with E-state index in [2.05, 4.69) is 22.6 Å². The number of halogens is 1. The summed E-state index contributed by atoms with van der Waals surface area (Å²) >= 11 is 2.27. The van der Waals surface area contributed by atoms with Crippen molar-refractivity contribution in [2.24, 2.45) is 0 Å². The molecule has 1 N–H and O–H groups in total. The highest BCUT2D eigenvalue weighted by molar-refractivity contribution is 14.1. The van der Waals surface area contributed by atoms with Crippen LogP contribution in [0.25, 0.3) is 0 Å². The van der Waals surface area contributed by atoms with E-state index in [0.717, 1.165) is 5.56 Å². The van der Waals surface area contributed by atoms with Gasteiger partial charge in [0.15, 0.2) is 0 Å². The lowest BCUT2D eigenvalue weighted by Crippen LogP contribution is -2.40. The highest BCUT2D eigenvalue weighted by Gasteiger charge is 2.28. The molecule has 0 amide bonds. The molecule has 3 heteroatoms. The Morgan fingerprint density at radius 3 is 2.40 bits per heavy atom. The Bertz CT molecular complexity index is 306. The number of methoxy groups -OCH3 is 1. The third-order valence-corrected chi connectivity index (χ3v) is 3.42. The normalized spacial score (nSPS) is 17.1. The molecule has 0 spiro atoms. The molecule has 1 aromatic carbocycles. The Morgan fingerprint density at radius 2 is 1.93 bits per heavy atom. The topological polar surface area (TPSA) is 29.5 Å². The third-order valence-electron chi connectivity index (χ3n) is 2.70. The van der Waals surface area contributed by atoms with E-state index < -0.39 is 5.60 Å². The number of hydrogen-bond donors (Lipinski definition) is 1. The highest BCUT2D eigenvalue weighted by Crippen LogP contribution is 2.19. The molecule has 0 aliphatic carbocycles. The van der Waals surface area contributed by atoms with Crippen molar-refractivity contribution in [2.45, 2.75) is 32.0 Å². The van der Waals surface area contributed by atoms with Gasteiger partial charge in [-0.05, 0) is 54.1 Å². The molecule has 0 fully saturated rings. The first-order valence-corrected chi connectivity index (χ1v) is 6.03. The monoisotopic (exact) mass is 320 g/mol. The van der Waals surface area contributed by atoms with E-state index in [1.54, 1.807) is 14.0 Å². The lowest BCUT2D eigenvalue weighted by molar-refractivity contribution is -0.0715. The maximum absolute atomic E-state index is 10.2. The zero-order chi connectivity index (χ0) is 11.5. The summed E-state index contributed by atoms with van der Waals surface area (Å²) in [6.45, 7) is 3.69. The molecule has 0 saturated heterocycles. The van der Waals surface area contributed by atoms with Crippen LogP contribution in [-0.4, -0.2) is 23.9 Å².